The summed E-state index contributed by atoms with van der Waals surface area (Å²) in [5, 5.41) is 0. The highest BCUT2D eigenvalue weighted by atomic mass is 15.2. The standard InChI is InChI=1S/C23H30N2/c1-3-7-18(8-4-1)16-24-13-14-25-21(17-24)15-22(23(25)20-11-12-20)19-9-5-2-6-10-19/h2,5-6,9-10,15,18,20H,1,3-4,7-8,11-14,16-17H2. The van der Waals surface area contributed by atoms with Gasteiger partial charge in [0.25, 0.3) is 0 Å². The fourth-order valence-corrected chi connectivity index (χ4v) is 5.10. The van der Waals surface area contributed by atoms with Crippen molar-refractivity contribution in [2.45, 2.75) is 64.0 Å². The number of nitrogens with zero attached hydrogens (tertiary/aromatic N) is 2. The minimum absolute atomic E-state index is 0.814. The fourth-order valence-electron chi connectivity index (χ4n) is 5.10. The number of rotatable bonds is 4. The lowest BCUT2D eigenvalue weighted by Gasteiger charge is -2.33. The summed E-state index contributed by atoms with van der Waals surface area (Å²) in [6, 6.07) is 13.6. The van der Waals surface area contributed by atoms with E-state index in [1.54, 1.807) is 11.4 Å². The summed E-state index contributed by atoms with van der Waals surface area (Å²) in [4.78, 5) is 2.73. The third-order valence-corrected chi connectivity index (χ3v) is 6.54. The van der Waals surface area contributed by atoms with E-state index in [4.69, 9.17) is 0 Å². The number of benzene rings is 1. The number of aromatic nitrogens is 1. The Kier molecular flexibility index (Phi) is 4.17. The zero-order chi connectivity index (χ0) is 16.6. The summed E-state index contributed by atoms with van der Waals surface area (Å²) < 4.78 is 2.68. The molecule has 2 fully saturated rings. The molecular weight excluding hydrogens is 304 g/mol. The summed E-state index contributed by atoms with van der Waals surface area (Å²) in [5.41, 5.74) is 6.11. The van der Waals surface area contributed by atoms with E-state index in [-0.39, 0.29) is 0 Å². The van der Waals surface area contributed by atoms with Crippen LogP contribution in [0.15, 0.2) is 36.4 Å². The Bertz CT molecular complexity index is 720. The highest BCUT2D eigenvalue weighted by molar-refractivity contribution is 5.69. The third kappa shape index (κ3) is 3.17. The molecule has 0 N–H and O–H groups in total. The molecule has 5 rings (SSSR count). The maximum atomic E-state index is 2.73. The quantitative estimate of drug-likeness (QED) is 0.724. The zero-order valence-electron chi connectivity index (χ0n) is 15.3. The molecule has 132 valence electrons. The van der Waals surface area contributed by atoms with Crippen molar-refractivity contribution in [3.05, 3.63) is 47.8 Å². The number of hydrogen-bond acceptors (Lipinski definition) is 1. The Morgan fingerprint density at radius 2 is 1.68 bits per heavy atom. The van der Waals surface area contributed by atoms with Crippen LogP contribution in [0.4, 0.5) is 0 Å². The van der Waals surface area contributed by atoms with Gasteiger partial charge in [-0.2, -0.15) is 0 Å². The predicted molar refractivity (Wildman–Crippen MR) is 104 cm³/mol. The second-order valence-electron chi connectivity index (χ2n) is 8.47. The van der Waals surface area contributed by atoms with Crippen molar-refractivity contribution in [2.75, 3.05) is 13.1 Å². The van der Waals surface area contributed by atoms with Gasteiger partial charge >= 0.3 is 0 Å². The van der Waals surface area contributed by atoms with Crippen LogP contribution in [0.25, 0.3) is 11.1 Å². The molecule has 0 unspecified atom stereocenters. The lowest BCUT2D eigenvalue weighted by atomic mass is 9.89. The minimum Gasteiger partial charge on any atom is -0.345 e. The van der Waals surface area contributed by atoms with Gasteiger partial charge in [-0.1, -0.05) is 49.6 Å². The first-order valence-corrected chi connectivity index (χ1v) is 10.4. The lowest BCUT2D eigenvalue weighted by molar-refractivity contribution is 0.166. The molecule has 2 heterocycles. The summed E-state index contributed by atoms with van der Waals surface area (Å²) in [6.45, 7) is 4.92. The molecule has 0 bridgehead atoms. The average molecular weight is 335 g/mol. The third-order valence-electron chi connectivity index (χ3n) is 6.54. The molecule has 2 heteroatoms. The van der Waals surface area contributed by atoms with Gasteiger partial charge in [-0.05, 0) is 49.1 Å². The van der Waals surface area contributed by atoms with Gasteiger partial charge in [0.15, 0.2) is 0 Å². The molecule has 0 atom stereocenters. The maximum Gasteiger partial charge on any atom is 0.0388 e. The van der Waals surface area contributed by atoms with Gasteiger partial charge in [-0.25, -0.2) is 0 Å². The normalized spacial score (nSPS) is 22.1. The van der Waals surface area contributed by atoms with Crippen molar-refractivity contribution in [1.82, 2.24) is 9.47 Å². The summed E-state index contributed by atoms with van der Waals surface area (Å²) in [7, 11) is 0. The molecule has 3 aliphatic rings. The smallest absolute Gasteiger partial charge is 0.0388 e. The maximum absolute atomic E-state index is 2.73. The van der Waals surface area contributed by atoms with Crippen LogP contribution >= 0.6 is 0 Å². The van der Waals surface area contributed by atoms with E-state index in [0.717, 1.165) is 18.4 Å². The first kappa shape index (κ1) is 15.7. The number of hydrogen-bond donors (Lipinski definition) is 0. The first-order chi connectivity index (χ1) is 12.4. The monoisotopic (exact) mass is 334 g/mol. The SMILES string of the molecule is c1ccc(-c2cc3n(c2C2CC2)CCN(CC2CCCCC2)C3)cc1. The number of fused-ring (bicyclic) bond motifs is 1. The topological polar surface area (TPSA) is 8.17 Å². The molecule has 2 aliphatic carbocycles. The van der Waals surface area contributed by atoms with E-state index in [1.807, 2.05) is 0 Å². The van der Waals surface area contributed by atoms with Crippen LogP contribution in [0.2, 0.25) is 0 Å². The molecule has 0 radical (unpaired) electrons. The second kappa shape index (κ2) is 6.64. The largest absolute Gasteiger partial charge is 0.345 e. The highest BCUT2D eigenvalue weighted by Gasteiger charge is 2.33. The minimum atomic E-state index is 0.814. The van der Waals surface area contributed by atoms with E-state index in [2.05, 4.69) is 45.9 Å². The van der Waals surface area contributed by atoms with Crippen LogP contribution < -0.4 is 0 Å². The molecule has 2 aromatic rings. The van der Waals surface area contributed by atoms with Gasteiger partial charge in [0.2, 0.25) is 0 Å². The summed E-state index contributed by atoms with van der Waals surface area (Å²) >= 11 is 0. The molecule has 2 nitrogen and oxygen atoms in total. The summed E-state index contributed by atoms with van der Waals surface area (Å²) in [6.07, 6.45) is 10.1. The van der Waals surface area contributed by atoms with Crippen molar-refractivity contribution < 1.29 is 0 Å². The fraction of sp³-hybridized carbons (Fsp3) is 0.565. The molecule has 1 aliphatic heterocycles. The van der Waals surface area contributed by atoms with E-state index in [0.29, 0.717) is 0 Å². The molecule has 0 saturated heterocycles. The Morgan fingerprint density at radius 1 is 0.880 bits per heavy atom. The van der Waals surface area contributed by atoms with E-state index < -0.39 is 0 Å². The van der Waals surface area contributed by atoms with E-state index >= 15 is 0 Å². The molecule has 1 aromatic carbocycles. The molecule has 0 amide bonds. The van der Waals surface area contributed by atoms with Crippen molar-refractivity contribution in [1.29, 1.82) is 0 Å². The van der Waals surface area contributed by atoms with Crippen LogP contribution in [-0.4, -0.2) is 22.6 Å². The molecule has 0 spiro atoms. The van der Waals surface area contributed by atoms with E-state index in [9.17, 15) is 0 Å². The molecule has 1 aromatic heterocycles. The average Bonchev–Trinajstić information content (AvgIpc) is 3.43. The van der Waals surface area contributed by atoms with E-state index in [1.165, 1.54) is 75.7 Å². The van der Waals surface area contributed by atoms with Gasteiger partial charge in [-0.15, -0.1) is 0 Å². The molecule has 25 heavy (non-hydrogen) atoms. The van der Waals surface area contributed by atoms with Crippen molar-refractivity contribution in [3.63, 3.8) is 0 Å². The Morgan fingerprint density at radius 3 is 2.44 bits per heavy atom. The van der Waals surface area contributed by atoms with Crippen LogP contribution in [-0.2, 0) is 13.1 Å². The second-order valence-corrected chi connectivity index (χ2v) is 8.47. The van der Waals surface area contributed by atoms with Crippen LogP contribution in [0.5, 0.6) is 0 Å². The van der Waals surface area contributed by atoms with Crippen LogP contribution in [0.1, 0.15) is 62.3 Å². The van der Waals surface area contributed by atoms with Crippen molar-refractivity contribution in [3.8, 4) is 11.1 Å². The van der Waals surface area contributed by atoms with Crippen LogP contribution in [0, 0.1) is 5.92 Å². The lowest BCUT2D eigenvalue weighted by Crippen LogP contribution is -2.37. The Hall–Kier alpha value is -1.54. The van der Waals surface area contributed by atoms with Gasteiger partial charge < -0.3 is 4.57 Å². The molecule has 2 saturated carbocycles. The van der Waals surface area contributed by atoms with Gasteiger partial charge in [-0.3, -0.25) is 4.90 Å². The van der Waals surface area contributed by atoms with Gasteiger partial charge in [0, 0.05) is 43.1 Å². The Labute approximate surface area is 151 Å². The predicted octanol–water partition coefficient (Wildman–Crippen LogP) is 5.43. The highest BCUT2D eigenvalue weighted by Crippen LogP contribution is 2.46. The van der Waals surface area contributed by atoms with Gasteiger partial charge in [0.1, 0.15) is 0 Å². The van der Waals surface area contributed by atoms with Crippen molar-refractivity contribution in [2.24, 2.45) is 5.92 Å². The molecular formula is C23H30N2. The zero-order valence-corrected chi connectivity index (χ0v) is 15.3. The van der Waals surface area contributed by atoms with Crippen molar-refractivity contribution >= 4 is 0 Å². The van der Waals surface area contributed by atoms with Crippen LogP contribution in [0.3, 0.4) is 0 Å². The summed E-state index contributed by atoms with van der Waals surface area (Å²) in [5.74, 6) is 1.76. The first-order valence-electron chi connectivity index (χ1n) is 10.4. The Balaban J connectivity index is 1.40. The van der Waals surface area contributed by atoms with Gasteiger partial charge in [0.05, 0.1) is 0 Å².